The lowest BCUT2D eigenvalue weighted by atomic mass is 9.98. The van der Waals surface area contributed by atoms with Gasteiger partial charge in [-0.15, -0.1) is 6.58 Å². The SMILES string of the molecule is C=CCC=C(C)/C=C\C.CC.CC.CC(C)C.COc1cc(C(c2cc(F)cc(OC(F)(F)C(F)F)c2)N(C)S)ccc1F. The minimum absolute atomic E-state index is 0.0706. The summed E-state index contributed by atoms with van der Waals surface area (Å²) in [6.07, 6.45) is 0.259. The Kier molecular flexibility index (Phi) is 26.4. The summed E-state index contributed by atoms with van der Waals surface area (Å²) >= 11 is 4.16. The molecule has 0 aliphatic heterocycles. The number of alkyl halides is 4. The van der Waals surface area contributed by atoms with Crippen LogP contribution < -0.4 is 9.47 Å². The molecule has 0 aromatic heterocycles. The van der Waals surface area contributed by atoms with E-state index in [1.165, 1.54) is 36.2 Å². The monoisotopic (exact) mass is 651 g/mol. The molecule has 3 nitrogen and oxygen atoms in total. The number of thiol groups is 1. The average molecular weight is 652 g/mol. The summed E-state index contributed by atoms with van der Waals surface area (Å²) in [7, 11) is 2.74. The van der Waals surface area contributed by atoms with Crippen LogP contribution in [0.15, 0.2) is 72.9 Å². The molecule has 0 N–H and O–H groups in total. The Morgan fingerprint density at radius 3 is 1.98 bits per heavy atom. The standard InChI is InChI=1S/C17H15F6NO2S.C9H14.C4H10.2C2H6/c1-24(27)15(9-3-4-13(19)14(7-9)25-2)10-5-11(18)8-12(6-10)26-17(22,23)16(20)21;1-4-6-8-9(3)7-5-2;1-4(2)3;2*1-2/h3-8,15-16,27H,1-2H3;4-5,7-8H,1,6H2,2-3H3;4H,1-3H3;2*1-2H3/b;7-5-,9-8?;;;. The lowest BCUT2D eigenvalue weighted by Crippen LogP contribution is -2.33. The van der Waals surface area contributed by atoms with E-state index in [1.54, 1.807) is 0 Å². The Balaban J connectivity index is -0.000000819. The summed E-state index contributed by atoms with van der Waals surface area (Å²) in [5.74, 6) is -1.67. The first-order valence-electron chi connectivity index (χ1n) is 14.4. The second-order valence-electron chi connectivity index (χ2n) is 9.26. The second kappa shape index (κ2) is 25.5. The van der Waals surface area contributed by atoms with Crippen LogP contribution in [0.4, 0.5) is 26.3 Å². The Labute approximate surface area is 267 Å². The van der Waals surface area contributed by atoms with Gasteiger partial charge in [0.1, 0.15) is 11.6 Å². The number of methoxy groups -OCH3 is 1. The van der Waals surface area contributed by atoms with Gasteiger partial charge < -0.3 is 9.47 Å². The minimum Gasteiger partial charge on any atom is -0.494 e. The minimum atomic E-state index is -4.79. The molecule has 44 heavy (non-hydrogen) atoms. The molecule has 2 aromatic rings. The van der Waals surface area contributed by atoms with Crippen molar-refractivity contribution in [3.8, 4) is 11.5 Å². The van der Waals surface area contributed by atoms with E-state index >= 15 is 0 Å². The van der Waals surface area contributed by atoms with Gasteiger partial charge in [0.25, 0.3) is 0 Å². The maximum atomic E-state index is 13.9. The van der Waals surface area contributed by atoms with Crippen molar-refractivity contribution in [1.82, 2.24) is 4.31 Å². The Morgan fingerprint density at radius 1 is 1.00 bits per heavy atom. The highest BCUT2D eigenvalue weighted by atomic mass is 32.1. The molecule has 1 atom stereocenters. The quantitative estimate of drug-likeness (QED) is 0.120. The van der Waals surface area contributed by atoms with Gasteiger partial charge in [-0.05, 0) is 68.6 Å². The number of allylic oxidation sites excluding steroid dienone is 5. The highest BCUT2D eigenvalue weighted by Crippen LogP contribution is 2.36. The predicted octanol–water partition coefficient (Wildman–Crippen LogP) is 11.9. The van der Waals surface area contributed by atoms with Crippen molar-refractivity contribution in [2.24, 2.45) is 5.92 Å². The van der Waals surface area contributed by atoms with Crippen LogP contribution in [0, 0.1) is 17.6 Å². The van der Waals surface area contributed by atoms with Crippen molar-refractivity contribution >= 4 is 12.8 Å². The molecule has 252 valence electrons. The molecule has 0 heterocycles. The van der Waals surface area contributed by atoms with Crippen molar-refractivity contribution in [2.45, 2.75) is 87.3 Å². The Morgan fingerprint density at radius 2 is 1.55 bits per heavy atom. The van der Waals surface area contributed by atoms with Crippen LogP contribution in [0.5, 0.6) is 11.5 Å². The second-order valence-corrected chi connectivity index (χ2v) is 9.89. The predicted molar refractivity (Wildman–Crippen MR) is 176 cm³/mol. The Bertz CT molecular complexity index is 1100. The zero-order valence-corrected chi connectivity index (χ0v) is 28.8. The number of ether oxygens (including phenoxy) is 2. The van der Waals surface area contributed by atoms with E-state index in [1.807, 2.05) is 46.8 Å². The molecule has 1 unspecified atom stereocenters. The van der Waals surface area contributed by atoms with Gasteiger partial charge in [-0.1, -0.05) is 97.2 Å². The van der Waals surface area contributed by atoms with Crippen molar-refractivity contribution in [3.63, 3.8) is 0 Å². The molecule has 2 aromatic carbocycles. The number of hydrogen-bond donors (Lipinski definition) is 1. The summed E-state index contributed by atoms with van der Waals surface area (Å²) < 4.78 is 88.7. The fourth-order valence-corrected chi connectivity index (χ4v) is 3.34. The van der Waals surface area contributed by atoms with Crippen molar-refractivity contribution in [1.29, 1.82) is 0 Å². The van der Waals surface area contributed by atoms with E-state index in [9.17, 15) is 26.3 Å². The molecule has 0 amide bonds. The van der Waals surface area contributed by atoms with E-state index in [4.69, 9.17) is 4.74 Å². The molecule has 0 bridgehead atoms. The molecule has 0 saturated carbocycles. The van der Waals surface area contributed by atoms with Crippen LogP contribution in [0.25, 0.3) is 0 Å². The molecule has 0 saturated heterocycles. The van der Waals surface area contributed by atoms with Gasteiger partial charge in [0.05, 0.1) is 13.2 Å². The Hall–Kier alpha value is -2.85. The third kappa shape index (κ3) is 19.4. The largest absolute Gasteiger partial charge is 0.494 e. The summed E-state index contributed by atoms with van der Waals surface area (Å²) in [6, 6.07) is 5.50. The third-order valence-electron chi connectivity index (χ3n) is 4.62. The highest BCUT2D eigenvalue weighted by Gasteiger charge is 2.44. The number of hydrogen-bond acceptors (Lipinski definition) is 4. The van der Waals surface area contributed by atoms with E-state index in [-0.39, 0.29) is 11.3 Å². The molecule has 0 radical (unpaired) electrons. The summed E-state index contributed by atoms with van der Waals surface area (Å²) in [4.78, 5) is 0. The van der Waals surface area contributed by atoms with Crippen molar-refractivity contribution < 1.29 is 35.8 Å². The lowest BCUT2D eigenvalue weighted by Gasteiger charge is -2.25. The van der Waals surface area contributed by atoms with Gasteiger partial charge in [0.2, 0.25) is 0 Å². The van der Waals surface area contributed by atoms with E-state index in [0.717, 1.165) is 30.5 Å². The van der Waals surface area contributed by atoms with Crippen LogP contribution in [0.2, 0.25) is 0 Å². The number of benzene rings is 2. The zero-order valence-electron chi connectivity index (χ0n) is 27.9. The van der Waals surface area contributed by atoms with Gasteiger partial charge in [-0.2, -0.15) is 17.6 Å². The smallest absolute Gasteiger partial charge is 0.461 e. The van der Waals surface area contributed by atoms with Gasteiger partial charge in [0.15, 0.2) is 11.6 Å². The van der Waals surface area contributed by atoms with Gasteiger partial charge >= 0.3 is 12.5 Å². The van der Waals surface area contributed by atoms with Crippen LogP contribution in [-0.4, -0.2) is 31.0 Å². The van der Waals surface area contributed by atoms with Crippen LogP contribution >= 0.6 is 12.8 Å². The molecule has 0 aliphatic carbocycles. The maximum absolute atomic E-state index is 13.9. The van der Waals surface area contributed by atoms with Crippen LogP contribution in [0.3, 0.4) is 0 Å². The topological polar surface area (TPSA) is 21.7 Å². The highest BCUT2D eigenvalue weighted by molar-refractivity contribution is 7.77. The summed E-state index contributed by atoms with van der Waals surface area (Å²) in [5, 5.41) is 0. The average Bonchev–Trinajstić information content (AvgIpc) is 2.94. The zero-order chi connectivity index (χ0) is 35.0. The number of nitrogens with zero attached hydrogens (tertiary/aromatic N) is 1. The first kappa shape index (κ1) is 45.6. The van der Waals surface area contributed by atoms with Crippen molar-refractivity contribution in [3.05, 3.63) is 95.6 Å². The molecule has 0 spiro atoms. The number of halogens is 6. The van der Waals surface area contributed by atoms with Crippen LogP contribution in [-0.2, 0) is 0 Å². The first-order valence-corrected chi connectivity index (χ1v) is 14.8. The fourth-order valence-electron chi connectivity index (χ4n) is 3.07. The molecule has 10 heteroatoms. The summed E-state index contributed by atoms with van der Waals surface area (Å²) in [5.41, 5.74) is 1.77. The van der Waals surface area contributed by atoms with Gasteiger partial charge in [0, 0.05) is 6.07 Å². The van der Waals surface area contributed by atoms with E-state index < -0.39 is 36.0 Å². The van der Waals surface area contributed by atoms with Crippen LogP contribution in [0.1, 0.15) is 85.9 Å². The molecule has 0 fully saturated rings. The summed E-state index contributed by atoms with van der Waals surface area (Å²) in [6.45, 7) is 22.2. The fraction of sp³-hybridized carbons (Fsp3) is 0.471. The normalized spacial score (nSPS) is 11.7. The lowest BCUT2D eigenvalue weighted by molar-refractivity contribution is -0.253. The van der Waals surface area contributed by atoms with Crippen molar-refractivity contribution in [2.75, 3.05) is 14.2 Å². The maximum Gasteiger partial charge on any atom is 0.461 e. The van der Waals surface area contributed by atoms with Gasteiger partial charge in [-0.25, -0.2) is 13.1 Å². The number of rotatable bonds is 10. The van der Waals surface area contributed by atoms with Gasteiger partial charge in [-0.3, -0.25) is 0 Å². The third-order valence-corrected chi connectivity index (χ3v) is 4.85. The van der Waals surface area contributed by atoms with E-state index in [2.05, 4.69) is 64.0 Å². The van der Waals surface area contributed by atoms with E-state index in [0.29, 0.717) is 11.6 Å². The molecule has 2 rings (SSSR count). The molecular formula is C34H51F6NO2S. The first-order chi connectivity index (χ1) is 20.6. The molecular weight excluding hydrogens is 600 g/mol. The molecule has 0 aliphatic rings.